The van der Waals surface area contributed by atoms with Crippen LogP contribution in [0.1, 0.15) is 16.7 Å². The molecule has 3 rings (SSSR count). The fraction of sp³-hybridized carbons (Fsp3) is 0.174. The van der Waals surface area contributed by atoms with Gasteiger partial charge in [0.25, 0.3) is 0 Å². The number of hydrogen-bond acceptors (Lipinski definition) is 1. The zero-order chi connectivity index (χ0) is 19.1. The number of nitrogens with one attached hydrogen (secondary N) is 1. The highest BCUT2D eigenvalue weighted by Gasteiger charge is 2.12. The number of nitrogens with zero attached hydrogens (tertiary/aromatic N) is 1. The molecule has 0 spiro atoms. The second kappa shape index (κ2) is 9.54. The Balaban J connectivity index is 1.75. The van der Waals surface area contributed by atoms with Gasteiger partial charge >= 0.3 is 0 Å². The first kappa shape index (κ1) is 19.4. The predicted molar refractivity (Wildman–Crippen MR) is 119 cm³/mol. The third kappa shape index (κ3) is 5.56. The molecule has 3 aromatic carbocycles. The Morgan fingerprint density at radius 3 is 2.19 bits per heavy atom. The van der Waals surface area contributed by atoms with Crippen molar-refractivity contribution >= 4 is 34.6 Å². The lowest BCUT2D eigenvalue weighted by atomic mass is 10.1. The molecule has 0 unspecified atom stereocenters. The molecule has 0 aromatic heterocycles. The summed E-state index contributed by atoms with van der Waals surface area (Å²) in [7, 11) is 0. The lowest BCUT2D eigenvalue weighted by molar-refractivity contribution is 0.423. The van der Waals surface area contributed by atoms with E-state index in [0.29, 0.717) is 5.11 Å². The lowest BCUT2D eigenvalue weighted by Crippen LogP contribution is -2.36. The number of halogens is 1. The molecule has 3 aromatic rings. The molecule has 0 atom stereocenters. The van der Waals surface area contributed by atoms with E-state index in [1.807, 2.05) is 37.3 Å². The summed E-state index contributed by atoms with van der Waals surface area (Å²) in [4.78, 5) is 2.21. The molecule has 0 fully saturated rings. The number of hydrogen-bond donors (Lipinski definition) is 1. The Morgan fingerprint density at radius 1 is 0.889 bits per heavy atom. The molecule has 0 bridgehead atoms. The van der Waals surface area contributed by atoms with Crippen molar-refractivity contribution in [2.75, 3.05) is 11.9 Å². The van der Waals surface area contributed by atoms with Crippen molar-refractivity contribution in [1.82, 2.24) is 4.90 Å². The summed E-state index contributed by atoms with van der Waals surface area (Å²) >= 11 is 12.0. The average Bonchev–Trinajstić information content (AvgIpc) is 2.70. The Hall–Kier alpha value is -2.36. The molecule has 0 heterocycles. The van der Waals surface area contributed by atoms with Crippen molar-refractivity contribution in [2.45, 2.75) is 19.9 Å². The minimum Gasteiger partial charge on any atom is -0.344 e. The van der Waals surface area contributed by atoms with Gasteiger partial charge in [0.1, 0.15) is 0 Å². The monoisotopic (exact) mass is 394 g/mol. The van der Waals surface area contributed by atoms with Crippen LogP contribution in [0.2, 0.25) is 5.02 Å². The minimum atomic E-state index is 0.708. The van der Waals surface area contributed by atoms with E-state index in [2.05, 4.69) is 58.7 Å². The first-order valence-corrected chi connectivity index (χ1v) is 9.81. The van der Waals surface area contributed by atoms with Crippen LogP contribution in [0.5, 0.6) is 0 Å². The Bertz CT molecular complexity index is 881. The molecule has 0 amide bonds. The zero-order valence-electron chi connectivity index (χ0n) is 15.4. The second-order valence-electron chi connectivity index (χ2n) is 6.49. The molecular formula is C23H23ClN2S. The molecular weight excluding hydrogens is 372 g/mol. The third-order valence-electron chi connectivity index (χ3n) is 4.53. The minimum absolute atomic E-state index is 0.708. The van der Waals surface area contributed by atoms with Gasteiger partial charge in [0, 0.05) is 23.8 Å². The van der Waals surface area contributed by atoms with Crippen LogP contribution < -0.4 is 5.32 Å². The molecule has 2 nitrogen and oxygen atoms in total. The fourth-order valence-electron chi connectivity index (χ4n) is 2.90. The van der Waals surface area contributed by atoms with Crippen molar-refractivity contribution < 1.29 is 0 Å². The third-order valence-corrected chi connectivity index (χ3v) is 5.30. The van der Waals surface area contributed by atoms with Gasteiger partial charge in [-0.25, -0.2) is 0 Å². The summed E-state index contributed by atoms with van der Waals surface area (Å²) < 4.78 is 0. The van der Waals surface area contributed by atoms with E-state index < -0.39 is 0 Å². The maximum Gasteiger partial charge on any atom is 0.173 e. The summed E-state index contributed by atoms with van der Waals surface area (Å²) in [6.45, 7) is 3.60. The molecule has 0 aliphatic rings. The quantitative estimate of drug-likeness (QED) is 0.509. The topological polar surface area (TPSA) is 15.3 Å². The van der Waals surface area contributed by atoms with Gasteiger partial charge in [0.15, 0.2) is 5.11 Å². The zero-order valence-corrected chi connectivity index (χ0v) is 16.9. The van der Waals surface area contributed by atoms with Gasteiger partial charge in [-0.05, 0) is 54.4 Å². The van der Waals surface area contributed by atoms with E-state index in [4.69, 9.17) is 23.8 Å². The van der Waals surface area contributed by atoms with Crippen LogP contribution in [0.25, 0.3) is 0 Å². The van der Waals surface area contributed by atoms with Gasteiger partial charge in [0.2, 0.25) is 0 Å². The smallest absolute Gasteiger partial charge is 0.173 e. The normalized spacial score (nSPS) is 10.4. The van der Waals surface area contributed by atoms with Crippen LogP contribution in [-0.2, 0) is 13.0 Å². The molecule has 0 saturated heterocycles. The Morgan fingerprint density at radius 2 is 1.52 bits per heavy atom. The maximum absolute atomic E-state index is 6.25. The SMILES string of the molecule is Cc1c(Cl)cccc1NC(=S)N(CCc1ccccc1)Cc1ccccc1. The standard InChI is InChI=1S/C23H23ClN2S/c1-18-21(24)13-8-14-22(18)25-23(27)26(17-20-11-6-3-7-12-20)16-15-19-9-4-2-5-10-19/h2-14H,15-17H2,1H3,(H,25,27). The number of rotatable bonds is 6. The van der Waals surface area contributed by atoms with Crippen LogP contribution in [-0.4, -0.2) is 16.6 Å². The molecule has 138 valence electrons. The highest BCUT2D eigenvalue weighted by molar-refractivity contribution is 7.80. The average molecular weight is 395 g/mol. The van der Waals surface area contributed by atoms with E-state index in [-0.39, 0.29) is 0 Å². The first-order valence-electron chi connectivity index (χ1n) is 9.02. The Labute approximate surface area is 171 Å². The van der Waals surface area contributed by atoms with Crippen molar-refractivity contribution in [3.8, 4) is 0 Å². The van der Waals surface area contributed by atoms with Gasteiger partial charge < -0.3 is 10.2 Å². The van der Waals surface area contributed by atoms with Crippen molar-refractivity contribution in [2.24, 2.45) is 0 Å². The van der Waals surface area contributed by atoms with Crippen LogP contribution >= 0.6 is 23.8 Å². The molecule has 1 N–H and O–H groups in total. The van der Waals surface area contributed by atoms with Crippen LogP contribution in [0.3, 0.4) is 0 Å². The summed E-state index contributed by atoms with van der Waals surface area (Å²) in [5.74, 6) is 0. The molecule has 27 heavy (non-hydrogen) atoms. The van der Waals surface area contributed by atoms with Crippen molar-refractivity contribution in [1.29, 1.82) is 0 Å². The summed E-state index contributed by atoms with van der Waals surface area (Å²) in [6.07, 6.45) is 0.935. The predicted octanol–water partition coefficient (Wildman–Crippen LogP) is 6.09. The van der Waals surface area contributed by atoms with Gasteiger partial charge in [0.05, 0.1) is 0 Å². The summed E-state index contributed by atoms with van der Waals surface area (Å²) in [5.41, 5.74) is 4.49. The highest BCUT2D eigenvalue weighted by atomic mass is 35.5. The lowest BCUT2D eigenvalue weighted by Gasteiger charge is -2.27. The molecule has 0 radical (unpaired) electrons. The number of anilines is 1. The van der Waals surface area contributed by atoms with E-state index in [9.17, 15) is 0 Å². The number of thiocarbonyl (C=S) groups is 1. The first-order chi connectivity index (χ1) is 13.1. The van der Waals surface area contributed by atoms with Crippen LogP contribution in [0.4, 0.5) is 5.69 Å². The number of benzene rings is 3. The maximum atomic E-state index is 6.25. The van der Waals surface area contributed by atoms with Gasteiger partial charge in [-0.2, -0.15) is 0 Å². The van der Waals surface area contributed by atoms with Gasteiger partial charge in [-0.3, -0.25) is 0 Å². The highest BCUT2D eigenvalue weighted by Crippen LogP contribution is 2.23. The molecule has 0 saturated carbocycles. The van der Waals surface area contributed by atoms with E-state index in [1.54, 1.807) is 0 Å². The van der Waals surface area contributed by atoms with Crippen LogP contribution in [0.15, 0.2) is 78.9 Å². The van der Waals surface area contributed by atoms with Gasteiger partial charge in [-0.15, -0.1) is 0 Å². The van der Waals surface area contributed by atoms with E-state index in [0.717, 1.165) is 35.8 Å². The molecule has 0 aliphatic heterocycles. The second-order valence-corrected chi connectivity index (χ2v) is 7.28. The van der Waals surface area contributed by atoms with Crippen molar-refractivity contribution in [3.63, 3.8) is 0 Å². The molecule has 4 heteroatoms. The molecule has 0 aliphatic carbocycles. The summed E-state index contributed by atoms with van der Waals surface area (Å²) in [6, 6.07) is 26.7. The largest absolute Gasteiger partial charge is 0.344 e. The van der Waals surface area contributed by atoms with E-state index >= 15 is 0 Å². The van der Waals surface area contributed by atoms with E-state index in [1.165, 1.54) is 11.1 Å². The Kier molecular flexibility index (Phi) is 6.86. The summed E-state index contributed by atoms with van der Waals surface area (Å²) in [5, 5.41) is 4.83. The fourth-order valence-corrected chi connectivity index (χ4v) is 3.34. The van der Waals surface area contributed by atoms with Crippen LogP contribution in [0, 0.1) is 6.92 Å². The van der Waals surface area contributed by atoms with Gasteiger partial charge in [-0.1, -0.05) is 78.3 Å². The van der Waals surface area contributed by atoms with Crippen molar-refractivity contribution in [3.05, 3.63) is 101 Å².